The zero-order valence-electron chi connectivity index (χ0n) is 11.4. The predicted octanol–water partition coefficient (Wildman–Crippen LogP) is 2.45. The molecular weight excluding hydrogens is 290 g/mol. The van der Waals surface area contributed by atoms with Crippen LogP contribution in [0.1, 0.15) is 11.8 Å². The molecule has 0 saturated heterocycles. The summed E-state index contributed by atoms with van der Waals surface area (Å²) in [6.45, 7) is 0.127. The number of aliphatic hydroxyl groups is 1. The van der Waals surface area contributed by atoms with Gasteiger partial charge in [0.05, 0.1) is 11.2 Å². The summed E-state index contributed by atoms with van der Waals surface area (Å²) in [6, 6.07) is 7.25. The number of pyridine rings is 1. The Morgan fingerprint density at radius 3 is 2.68 bits per heavy atom. The summed E-state index contributed by atoms with van der Waals surface area (Å²) < 4.78 is 26.6. The van der Waals surface area contributed by atoms with E-state index in [-0.39, 0.29) is 12.1 Å². The summed E-state index contributed by atoms with van der Waals surface area (Å²) in [5.41, 5.74) is 0.786. The van der Waals surface area contributed by atoms with Gasteiger partial charge in [0.1, 0.15) is 18.2 Å². The average Bonchev–Trinajstić information content (AvgIpc) is 2.54. The highest BCUT2D eigenvalue weighted by atomic mass is 19.2. The van der Waals surface area contributed by atoms with Gasteiger partial charge in [-0.2, -0.15) is 0 Å². The minimum absolute atomic E-state index is 0.127. The van der Waals surface area contributed by atoms with Crippen molar-refractivity contribution in [3.05, 3.63) is 60.2 Å². The fraction of sp³-hybridized carbons (Fsp3) is 0.133. The van der Waals surface area contributed by atoms with E-state index in [2.05, 4.69) is 20.3 Å². The third-order valence-corrected chi connectivity index (χ3v) is 3.17. The van der Waals surface area contributed by atoms with E-state index in [9.17, 15) is 13.9 Å². The number of nitrogens with zero attached hydrogens (tertiary/aromatic N) is 3. The number of halogens is 2. The van der Waals surface area contributed by atoms with Crippen molar-refractivity contribution in [3.63, 3.8) is 0 Å². The summed E-state index contributed by atoms with van der Waals surface area (Å²) in [5, 5.41) is 13.3. The second kappa shape index (κ2) is 5.98. The largest absolute Gasteiger partial charge is 0.385 e. The van der Waals surface area contributed by atoms with Gasteiger partial charge in [-0.3, -0.25) is 4.98 Å². The quantitative estimate of drug-likeness (QED) is 0.774. The average molecular weight is 302 g/mol. The van der Waals surface area contributed by atoms with Crippen molar-refractivity contribution in [1.82, 2.24) is 15.0 Å². The molecule has 0 bridgehead atoms. The SMILES string of the molecule is O[C@H](CNc1ncnc2cc(F)c(F)cc12)c1ccccn1. The smallest absolute Gasteiger partial charge is 0.161 e. The predicted molar refractivity (Wildman–Crippen MR) is 77.1 cm³/mol. The molecule has 3 aromatic rings. The lowest BCUT2D eigenvalue weighted by Crippen LogP contribution is -2.14. The molecule has 0 aliphatic heterocycles. The van der Waals surface area contributed by atoms with Crippen LogP contribution in [0.15, 0.2) is 42.9 Å². The van der Waals surface area contributed by atoms with Crippen LogP contribution >= 0.6 is 0 Å². The standard InChI is InChI=1S/C15H12F2N4O/c16-10-5-9-13(6-11(10)17)20-8-21-15(9)19-7-14(22)12-3-1-2-4-18-12/h1-6,8,14,22H,7H2,(H,19,20,21)/t14-/m1/s1. The molecule has 3 rings (SSSR count). The maximum atomic E-state index is 13.4. The van der Waals surface area contributed by atoms with E-state index in [0.717, 1.165) is 12.1 Å². The number of anilines is 1. The van der Waals surface area contributed by atoms with E-state index < -0.39 is 17.7 Å². The van der Waals surface area contributed by atoms with Gasteiger partial charge < -0.3 is 10.4 Å². The van der Waals surface area contributed by atoms with Crippen molar-refractivity contribution in [3.8, 4) is 0 Å². The molecule has 112 valence electrons. The van der Waals surface area contributed by atoms with Crippen molar-refractivity contribution in [2.24, 2.45) is 0 Å². The Morgan fingerprint density at radius 1 is 1.09 bits per heavy atom. The molecule has 2 aromatic heterocycles. The van der Waals surface area contributed by atoms with Crippen LogP contribution in [0.3, 0.4) is 0 Å². The number of hydrogen-bond donors (Lipinski definition) is 2. The Hall–Kier alpha value is -2.67. The molecule has 0 unspecified atom stereocenters. The number of hydrogen-bond acceptors (Lipinski definition) is 5. The Morgan fingerprint density at radius 2 is 1.91 bits per heavy atom. The second-order valence-electron chi connectivity index (χ2n) is 4.66. The van der Waals surface area contributed by atoms with Crippen LogP contribution in [-0.4, -0.2) is 26.6 Å². The van der Waals surface area contributed by atoms with Crippen molar-refractivity contribution < 1.29 is 13.9 Å². The Balaban J connectivity index is 1.84. The lowest BCUT2D eigenvalue weighted by atomic mass is 10.2. The van der Waals surface area contributed by atoms with E-state index in [1.807, 2.05) is 0 Å². The van der Waals surface area contributed by atoms with Gasteiger partial charge in [-0.05, 0) is 18.2 Å². The first-order valence-corrected chi connectivity index (χ1v) is 6.58. The molecule has 0 radical (unpaired) electrons. The number of fused-ring (bicyclic) bond motifs is 1. The highest BCUT2D eigenvalue weighted by molar-refractivity contribution is 5.88. The van der Waals surface area contributed by atoms with Gasteiger partial charge in [-0.1, -0.05) is 6.07 Å². The number of benzene rings is 1. The lowest BCUT2D eigenvalue weighted by Gasteiger charge is -2.13. The molecule has 0 amide bonds. The molecule has 22 heavy (non-hydrogen) atoms. The first-order valence-electron chi connectivity index (χ1n) is 6.58. The van der Waals surface area contributed by atoms with Crippen LogP contribution in [0, 0.1) is 11.6 Å². The minimum atomic E-state index is -0.976. The maximum Gasteiger partial charge on any atom is 0.161 e. The molecule has 0 aliphatic carbocycles. The van der Waals surface area contributed by atoms with E-state index in [4.69, 9.17) is 0 Å². The highest BCUT2D eigenvalue weighted by Crippen LogP contribution is 2.22. The minimum Gasteiger partial charge on any atom is -0.385 e. The molecule has 2 N–H and O–H groups in total. The van der Waals surface area contributed by atoms with Crippen molar-refractivity contribution in [2.45, 2.75) is 6.10 Å². The highest BCUT2D eigenvalue weighted by Gasteiger charge is 2.12. The van der Waals surface area contributed by atoms with E-state index >= 15 is 0 Å². The molecule has 1 aromatic carbocycles. The Bertz CT molecular complexity index is 798. The summed E-state index contributed by atoms with van der Waals surface area (Å²) in [5.74, 6) is -1.62. The van der Waals surface area contributed by atoms with Gasteiger partial charge in [-0.15, -0.1) is 0 Å². The van der Waals surface area contributed by atoms with Crippen LogP contribution in [0.5, 0.6) is 0 Å². The van der Waals surface area contributed by atoms with Gasteiger partial charge in [0.2, 0.25) is 0 Å². The zero-order chi connectivity index (χ0) is 15.5. The first-order chi connectivity index (χ1) is 10.6. The zero-order valence-corrected chi connectivity index (χ0v) is 11.4. The van der Waals surface area contributed by atoms with Gasteiger partial charge in [0.15, 0.2) is 11.6 Å². The molecule has 2 heterocycles. The molecule has 0 aliphatic rings. The number of aromatic nitrogens is 3. The summed E-state index contributed by atoms with van der Waals surface area (Å²) >= 11 is 0. The summed E-state index contributed by atoms with van der Waals surface area (Å²) in [4.78, 5) is 11.9. The molecule has 5 nitrogen and oxygen atoms in total. The van der Waals surface area contributed by atoms with Crippen LogP contribution in [0.25, 0.3) is 10.9 Å². The topological polar surface area (TPSA) is 70.9 Å². The fourth-order valence-electron chi connectivity index (χ4n) is 2.06. The first kappa shape index (κ1) is 14.3. The van der Waals surface area contributed by atoms with E-state index in [1.54, 1.807) is 24.4 Å². The van der Waals surface area contributed by atoms with E-state index in [1.165, 1.54) is 6.33 Å². The van der Waals surface area contributed by atoms with E-state index in [0.29, 0.717) is 16.9 Å². The normalized spacial score (nSPS) is 12.3. The van der Waals surface area contributed by atoms with Gasteiger partial charge in [-0.25, -0.2) is 18.7 Å². The van der Waals surface area contributed by atoms with Crippen molar-refractivity contribution in [2.75, 3.05) is 11.9 Å². The van der Waals surface area contributed by atoms with Gasteiger partial charge in [0, 0.05) is 24.2 Å². The van der Waals surface area contributed by atoms with Crippen LogP contribution in [-0.2, 0) is 0 Å². The Labute approximate surface area is 124 Å². The van der Waals surface area contributed by atoms with Crippen molar-refractivity contribution >= 4 is 16.7 Å². The molecular formula is C15H12F2N4O. The number of rotatable bonds is 4. The van der Waals surface area contributed by atoms with Crippen LogP contribution < -0.4 is 5.32 Å². The third kappa shape index (κ3) is 2.84. The third-order valence-electron chi connectivity index (χ3n) is 3.17. The summed E-state index contributed by atoms with van der Waals surface area (Å²) in [7, 11) is 0. The van der Waals surface area contributed by atoms with Gasteiger partial charge >= 0.3 is 0 Å². The van der Waals surface area contributed by atoms with Crippen LogP contribution in [0.2, 0.25) is 0 Å². The number of aliphatic hydroxyl groups excluding tert-OH is 1. The summed E-state index contributed by atoms with van der Waals surface area (Å²) in [6.07, 6.45) is 1.97. The fourth-order valence-corrected chi connectivity index (χ4v) is 2.06. The van der Waals surface area contributed by atoms with Gasteiger partial charge in [0.25, 0.3) is 0 Å². The second-order valence-corrected chi connectivity index (χ2v) is 4.66. The molecule has 0 fully saturated rings. The Kier molecular flexibility index (Phi) is 3.88. The lowest BCUT2D eigenvalue weighted by molar-refractivity contribution is 0.186. The van der Waals surface area contributed by atoms with Crippen molar-refractivity contribution in [1.29, 1.82) is 0 Å². The molecule has 1 atom stereocenters. The monoisotopic (exact) mass is 302 g/mol. The number of nitrogens with one attached hydrogen (secondary N) is 1. The van der Waals surface area contributed by atoms with Crippen LogP contribution in [0.4, 0.5) is 14.6 Å². The molecule has 0 saturated carbocycles. The molecule has 0 spiro atoms. The molecule has 7 heteroatoms. The maximum absolute atomic E-state index is 13.4.